The maximum absolute atomic E-state index is 14.0. The van der Waals surface area contributed by atoms with E-state index in [0.29, 0.717) is 17.7 Å². The molecule has 8 heteroatoms. The average Bonchev–Trinajstić information content (AvgIpc) is 2.64. The molecular formula is C21H24ClFN2O3S. The fraction of sp³-hybridized carbons (Fsp3) is 0.381. The highest BCUT2D eigenvalue weighted by Gasteiger charge is 2.34. The molecule has 1 aliphatic rings. The van der Waals surface area contributed by atoms with Crippen LogP contribution in [0.3, 0.4) is 0 Å². The molecule has 1 heterocycles. The summed E-state index contributed by atoms with van der Waals surface area (Å²) in [5.74, 6) is -1.39. The van der Waals surface area contributed by atoms with E-state index in [2.05, 4.69) is 5.32 Å². The Balaban J connectivity index is 1.70. The van der Waals surface area contributed by atoms with Gasteiger partial charge in [0.25, 0.3) is 0 Å². The van der Waals surface area contributed by atoms with Gasteiger partial charge in [0.1, 0.15) is 0 Å². The minimum atomic E-state index is -3.64. The summed E-state index contributed by atoms with van der Waals surface area (Å²) >= 11 is 5.75. The summed E-state index contributed by atoms with van der Waals surface area (Å²) in [5.41, 5.74) is 2.49. The van der Waals surface area contributed by atoms with Gasteiger partial charge in [-0.05, 0) is 56.9 Å². The molecule has 1 saturated heterocycles. The van der Waals surface area contributed by atoms with Crippen LogP contribution >= 0.6 is 11.6 Å². The van der Waals surface area contributed by atoms with Gasteiger partial charge in [0, 0.05) is 19.0 Å². The molecule has 1 amide bonds. The molecule has 0 unspecified atom stereocenters. The van der Waals surface area contributed by atoms with Crippen molar-refractivity contribution in [1.82, 2.24) is 4.31 Å². The minimum absolute atomic E-state index is 0.0310. The Labute approximate surface area is 175 Å². The third-order valence-corrected chi connectivity index (χ3v) is 7.73. The molecule has 0 aromatic heterocycles. The number of sulfonamides is 1. The van der Waals surface area contributed by atoms with E-state index in [-0.39, 0.29) is 35.6 Å². The van der Waals surface area contributed by atoms with Crippen LogP contribution in [-0.4, -0.2) is 31.7 Å². The van der Waals surface area contributed by atoms with E-state index >= 15 is 0 Å². The Hall–Kier alpha value is -1.96. The zero-order chi connectivity index (χ0) is 21.3. The number of rotatable bonds is 4. The number of benzene rings is 2. The maximum Gasteiger partial charge on any atom is 0.243 e. The fourth-order valence-electron chi connectivity index (χ4n) is 3.90. The van der Waals surface area contributed by atoms with E-state index in [1.54, 1.807) is 19.9 Å². The number of halogens is 2. The lowest BCUT2D eigenvalue weighted by molar-refractivity contribution is -0.120. The SMILES string of the molecule is Cc1cc(C)c(S(=O)(=O)N2CCC(C(=O)Nc3cccc(Cl)c3F)CC2)c(C)c1. The van der Waals surface area contributed by atoms with Gasteiger partial charge in [0.05, 0.1) is 15.6 Å². The number of carbonyl (C=O) groups excluding carboxylic acids is 1. The number of aryl methyl sites for hydroxylation is 3. The molecule has 1 fully saturated rings. The van der Waals surface area contributed by atoms with Crippen molar-refractivity contribution >= 4 is 33.2 Å². The van der Waals surface area contributed by atoms with Crippen LogP contribution in [0.2, 0.25) is 5.02 Å². The van der Waals surface area contributed by atoms with E-state index in [1.807, 2.05) is 19.1 Å². The Bertz CT molecular complexity index is 1020. The fourth-order valence-corrected chi connectivity index (χ4v) is 5.95. The van der Waals surface area contributed by atoms with Gasteiger partial charge in [0.2, 0.25) is 15.9 Å². The molecule has 0 radical (unpaired) electrons. The predicted octanol–water partition coefficient (Wildman–Crippen LogP) is 4.44. The summed E-state index contributed by atoms with van der Waals surface area (Å²) in [4.78, 5) is 12.9. The van der Waals surface area contributed by atoms with Crippen molar-refractivity contribution in [2.75, 3.05) is 18.4 Å². The topological polar surface area (TPSA) is 66.5 Å². The van der Waals surface area contributed by atoms with Gasteiger partial charge in [-0.1, -0.05) is 35.4 Å². The molecule has 3 rings (SSSR count). The van der Waals surface area contributed by atoms with Gasteiger partial charge < -0.3 is 5.32 Å². The van der Waals surface area contributed by atoms with E-state index in [1.165, 1.54) is 16.4 Å². The molecule has 0 aliphatic carbocycles. The number of amides is 1. The van der Waals surface area contributed by atoms with Crippen LogP contribution in [-0.2, 0) is 14.8 Å². The first-order valence-electron chi connectivity index (χ1n) is 9.44. The second kappa shape index (κ2) is 8.42. The zero-order valence-electron chi connectivity index (χ0n) is 16.6. The normalized spacial score (nSPS) is 16.0. The Morgan fingerprint density at radius 1 is 1.14 bits per heavy atom. The molecule has 0 atom stereocenters. The molecule has 29 heavy (non-hydrogen) atoms. The van der Waals surface area contributed by atoms with E-state index in [4.69, 9.17) is 11.6 Å². The van der Waals surface area contributed by atoms with Crippen LogP contribution < -0.4 is 5.32 Å². The number of nitrogens with zero attached hydrogens (tertiary/aromatic N) is 1. The lowest BCUT2D eigenvalue weighted by Gasteiger charge is -2.31. The van der Waals surface area contributed by atoms with Crippen LogP contribution in [0.4, 0.5) is 10.1 Å². The number of hydrogen-bond donors (Lipinski definition) is 1. The van der Waals surface area contributed by atoms with Crippen molar-refractivity contribution in [3.05, 3.63) is 57.9 Å². The van der Waals surface area contributed by atoms with E-state index in [0.717, 1.165) is 16.7 Å². The van der Waals surface area contributed by atoms with Crippen molar-refractivity contribution in [2.45, 2.75) is 38.5 Å². The van der Waals surface area contributed by atoms with Gasteiger partial charge in [-0.3, -0.25) is 4.79 Å². The predicted molar refractivity (Wildman–Crippen MR) is 112 cm³/mol. The number of nitrogens with one attached hydrogen (secondary N) is 1. The van der Waals surface area contributed by atoms with Gasteiger partial charge in [-0.2, -0.15) is 4.31 Å². The highest BCUT2D eigenvalue weighted by molar-refractivity contribution is 7.89. The lowest BCUT2D eigenvalue weighted by Crippen LogP contribution is -2.41. The summed E-state index contributed by atoms with van der Waals surface area (Å²) in [6.45, 7) is 6.01. The van der Waals surface area contributed by atoms with E-state index in [9.17, 15) is 17.6 Å². The Kier molecular flexibility index (Phi) is 6.31. The first-order chi connectivity index (χ1) is 13.6. The summed E-state index contributed by atoms with van der Waals surface area (Å²) in [5, 5.41) is 2.50. The molecule has 2 aromatic rings. The smallest absolute Gasteiger partial charge is 0.243 e. The van der Waals surface area contributed by atoms with Crippen molar-refractivity contribution in [1.29, 1.82) is 0 Å². The number of anilines is 1. The molecule has 0 spiro atoms. The third-order valence-electron chi connectivity index (χ3n) is 5.24. The Morgan fingerprint density at radius 2 is 1.72 bits per heavy atom. The minimum Gasteiger partial charge on any atom is -0.323 e. The first kappa shape index (κ1) is 21.7. The van der Waals surface area contributed by atoms with Crippen LogP contribution in [0.5, 0.6) is 0 Å². The van der Waals surface area contributed by atoms with Crippen molar-refractivity contribution in [2.24, 2.45) is 5.92 Å². The van der Waals surface area contributed by atoms with Crippen LogP contribution in [0.25, 0.3) is 0 Å². The quantitative estimate of drug-likeness (QED) is 0.767. The van der Waals surface area contributed by atoms with Gasteiger partial charge in [-0.15, -0.1) is 0 Å². The molecule has 156 valence electrons. The third kappa shape index (κ3) is 4.47. The van der Waals surface area contributed by atoms with Crippen molar-refractivity contribution in [3.63, 3.8) is 0 Å². The molecule has 0 bridgehead atoms. The maximum atomic E-state index is 14.0. The summed E-state index contributed by atoms with van der Waals surface area (Å²) in [6, 6.07) is 8.13. The number of hydrogen-bond acceptors (Lipinski definition) is 3. The summed E-state index contributed by atoms with van der Waals surface area (Å²) in [6.07, 6.45) is 0.744. The summed E-state index contributed by atoms with van der Waals surface area (Å²) in [7, 11) is -3.64. The standard InChI is InChI=1S/C21H24ClFN2O3S/c1-13-11-14(2)20(15(3)12-13)29(27,28)25-9-7-16(8-10-25)21(26)24-18-6-4-5-17(22)19(18)23/h4-6,11-12,16H,7-10H2,1-3H3,(H,24,26). The van der Waals surface area contributed by atoms with E-state index < -0.39 is 15.8 Å². The molecule has 1 N–H and O–H groups in total. The lowest BCUT2D eigenvalue weighted by atomic mass is 9.97. The monoisotopic (exact) mass is 438 g/mol. The van der Waals surface area contributed by atoms with Gasteiger partial charge in [0.15, 0.2) is 5.82 Å². The van der Waals surface area contributed by atoms with Crippen LogP contribution in [0.1, 0.15) is 29.5 Å². The summed E-state index contributed by atoms with van der Waals surface area (Å²) < 4.78 is 41.7. The first-order valence-corrected chi connectivity index (χ1v) is 11.3. The molecule has 5 nitrogen and oxygen atoms in total. The number of piperidine rings is 1. The highest BCUT2D eigenvalue weighted by Crippen LogP contribution is 2.30. The average molecular weight is 439 g/mol. The van der Waals surface area contributed by atoms with Crippen LogP contribution in [0, 0.1) is 32.5 Å². The van der Waals surface area contributed by atoms with Gasteiger partial charge >= 0.3 is 0 Å². The Morgan fingerprint density at radius 3 is 2.31 bits per heavy atom. The molecule has 0 saturated carbocycles. The van der Waals surface area contributed by atoms with Gasteiger partial charge in [-0.25, -0.2) is 12.8 Å². The molecule has 1 aliphatic heterocycles. The number of carbonyl (C=O) groups is 1. The van der Waals surface area contributed by atoms with Crippen LogP contribution in [0.15, 0.2) is 35.2 Å². The second-order valence-corrected chi connectivity index (χ2v) is 9.78. The highest BCUT2D eigenvalue weighted by atomic mass is 35.5. The second-order valence-electron chi connectivity index (χ2n) is 7.50. The zero-order valence-corrected chi connectivity index (χ0v) is 18.2. The van der Waals surface area contributed by atoms with Crippen molar-refractivity contribution < 1.29 is 17.6 Å². The van der Waals surface area contributed by atoms with Crippen molar-refractivity contribution in [3.8, 4) is 0 Å². The largest absolute Gasteiger partial charge is 0.323 e. The molecular weight excluding hydrogens is 415 g/mol. The molecule has 2 aromatic carbocycles.